The average molecular weight is 402 g/mol. The van der Waals surface area contributed by atoms with Gasteiger partial charge in [0.25, 0.3) is 5.91 Å². The second kappa shape index (κ2) is 8.66. The molecule has 1 fully saturated rings. The Bertz CT molecular complexity index is 888. The van der Waals surface area contributed by atoms with E-state index in [1.54, 1.807) is 29.2 Å². The van der Waals surface area contributed by atoms with E-state index in [0.717, 1.165) is 12.8 Å². The number of nitrogens with two attached hydrogens (primary N) is 1. The molecule has 1 atom stereocenters. The van der Waals surface area contributed by atoms with Crippen molar-refractivity contribution in [1.82, 2.24) is 20.1 Å². The summed E-state index contributed by atoms with van der Waals surface area (Å²) in [4.78, 5) is 29.6. The number of hydrogen-bond acceptors (Lipinski definition) is 7. The molecule has 2 aromatic rings. The molecule has 28 heavy (non-hydrogen) atoms. The summed E-state index contributed by atoms with van der Waals surface area (Å²) >= 11 is 5.89. The topological polar surface area (TPSA) is 126 Å². The van der Waals surface area contributed by atoms with Crippen LogP contribution >= 0.6 is 11.6 Å². The zero-order chi connectivity index (χ0) is 20.1. The van der Waals surface area contributed by atoms with Gasteiger partial charge in [-0.25, -0.2) is 0 Å². The van der Waals surface area contributed by atoms with Gasteiger partial charge in [-0.1, -0.05) is 18.2 Å². The highest BCUT2D eigenvalue weighted by atomic mass is 35.5. The lowest BCUT2D eigenvalue weighted by Crippen LogP contribution is -2.44. The summed E-state index contributed by atoms with van der Waals surface area (Å²) in [6.07, 6.45) is 3.00. The summed E-state index contributed by atoms with van der Waals surface area (Å²) in [6.45, 7) is 4.71. The molecule has 1 aromatic heterocycles. The summed E-state index contributed by atoms with van der Waals surface area (Å²) in [5.74, 6) is -0.440. The van der Waals surface area contributed by atoms with E-state index >= 15 is 0 Å². The predicted molar refractivity (Wildman–Crippen MR) is 107 cm³/mol. The Morgan fingerprint density at radius 2 is 2.04 bits per heavy atom. The molecule has 1 aliphatic rings. The minimum absolute atomic E-state index is 0.0396. The molecule has 146 valence electrons. The number of likely N-dealkylation sites (tertiary alicyclic amines) is 1. The molecule has 0 unspecified atom stereocenters. The lowest BCUT2D eigenvalue weighted by Gasteiger charge is -2.32. The minimum atomic E-state index is -0.747. The van der Waals surface area contributed by atoms with Gasteiger partial charge in [-0.05, 0) is 43.2 Å². The van der Waals surface area contributed by atoms with E-state index in [2.05, 4.69) is 32.4 Å². The molecule has 0 saturated carbocycles. The monoisotopic (exact) mass is 401 g/mol. The van der Waals surface area contributed by atoms with Gasteiger partial charge in [0.15, 0.2) is 11.5 Å². The van der Waals surface area contributed by atoms with Gasteiger partial charge in [0.05, 0.1) is 0 Å². The Labute approximate surface area is 167 Å². The zero-order valence-corrected chi connectivity index (χ0v) is 15.8. The van der Waals surface area contributed by atoms with Crippen molar-refractivity contribution in [2.75, 3.05) is 23.7 Å². The first-order valence-corrected chi connectivity index (χ1v) is 9.09. The largest absolute Gasteiger partial charge is 0.364 e. The minimum Gasteiger partial charge on any atom is -0.364 e. The Balaban J connectivity index is 1.78. The molecule has 1 saturated heterocycles. The maximum absolute atomic E-state index is 11.8. The molecule has 0 spiro atoms. The van der Waals surface area contributed by atoms with Gasteiger partial charge < -0.3 is 21.3 Å². The molecule has 10 heteroatoms. The molecule has 3 rings (SSSR count). The first-order chi connectivity index (χ1) is 13.5. The molecule has 0 aliphatic carbocycles. The molecule has 1 aromatic carbocycles. The Kier molecular flexibility index (Phi) is 6.05. The van der Waals surface area contributed by atoms with Crippen LogP contribution in [0.4, 0.5) is 17.5 Å². The number of hydrogen-bond donors (Lipinski definition) is 3. The number of aromatic nitrogens is 3. The van der Waals surface area contributed by atoms with Crippen LogP contribution in [0.2, 0.25) is 5.02 Å². The summed E-state index contributed by atoms with van der Waals surface area (Å²) in [7, 11) is 0. The van der Waals surface area contributed by atoms with Crippen LogP contribution in [0.25, 0.3) is 0 Å². The third-order valence-electron chi connectivity index (χ3n) is 4.27. The van der Waals surface area contributed by atoms with E-state index in [1.807, 2.05) is 0 Å². The Hall–Kier alpha value is -3.20. The highest BCUT2D eigenvalue weighted by Gasteiger charge is 2.23. The van der Waals surface area contributed by atoms with Crippen molar-refractivity contribution in [3.63, 3.8) is 0 Å². The molecule has 2 heterocycles. The second-order valence-corrected chi connectivity index (χ2v) is 6.74. The van der Waals surface area contributed by atoms with Gasteiger partial charge in [0, 0.05) is 29.8 Å². The van der Waals surface area contributed by atoms with Crippen LogP contribution in [0.5, 0.6) is 0 Å². The van der Waals surface area contributed by atoms with Gasteiger partial charge in [-0.15, -0.1) is 10.2 Å². The standard InChI is InChI=1S/C18H20ClN7O2/c1-2-14(27)26-9-3-4-13(10-26)22-18-23-17(15(16(20)28)24-25-18)21-12-7-5-11(19)6-8-12/h2,5-8,13H,1,3-4,9-10H2,(H2,20,28)(H2,21,22,23,25)/t13-/m1/s1. The van der Waals surface area contributed by atoms with E-state index in [1.165, 1.54) is 6.08 Å². The lowest BCUT2D eigenvalue weighted by molar-refractivity contribution is -0.127. The molecule has 2 amide bonds. The van der Waals surface area contributed by atoms with Crippen LogP contribution in [-0.2, 0) is 4.79 Å². The number of piperidine rings is 1. The molecular formula is C18H20ClN7O2. The smallest absolute Gasteiger partial charge is 0.273 e. The van der Waals surface area contributed by atoms with Crippen molar-refractivity contribution in [1.29, 1.82) is 0 Å². The molecular weight excluding hydrogens is 382 g/mol. The van der Waals surface area contributed by atoms with E-state index in [-0.39, 0.29) is 29.4 Å². The number of amides is 2. The number of benzene rings is 1. The van der Waals surface area contributed by atoms with Crippen LogP contribution in [0.15, 0.2) is 36.9 Å². The summed E-state index contributed by atoms with van der Waals surface area (Å²) in [5, 5.41) is 14.6. The molecule has 0 radical (unpaired) electrons. The highest BCUT2D eigenvalue weighted by molar-refractivity contribution is 6.30. The van der Waals surface area contributed by atoms with Gasteiger partial charge in [-0.2, -0.15) is 4.98 Å². The fourth-order valence-corrected chi connectivity index (χ4v) is 3.04. The first-order valence-electron chi connectivity index (χ1n) is 8.71. The number of nitrogens with zero attached hydrogens (tertiary/aromatic N) is 4. The highest BCUT2D eigenvalue weighted by Crippen LogP contribution is 2.21. The lowest BCUT2D eigenvalue weighted by atomic mass is 10.1. The van der Waals surface area contributed by atoms with E-state index in [0.29, 0.717) is 23.8 Å². The first kappa shape index (κ1) is 19.6. The maximum atomic E-state index is 11.8. The van der Waals surface area contributed by atoms with Gasteiger partial charge in [0.2, 0.25) is 11.9 Å². The van der Waals surface area contributed by atoms with Crippen LogP contribution in [0.3, 0.4) is 0 Å². The molecule has 4 N–H and O–H groups in total. The number of halogens is 1. The quantitative estimate of drug-likeness (QED) is 0.631. The molecule has 9 nitrogen and oxygen atoms in total. The fourth-order valence-electron chi connectivity index (χ4n) is 2.92. The number of nitrogens with one attached hydrogen (secondary N) is 2. The SMILES string of the molecule is C=CC(=O)N1CCC[C@@H](Nc2nnc(C(N)=O)c(Nc3ccc(Cl)cc3)n2)C1. The van der Waals surface area contributed by atoms with Crippen LogP contribution in [-0.4, -0.2) is 51.0 Å². The van der Waals surface area contributed by atoms with Gasteiger partial charge >= 0.3 is 0 Å². The Morgan fingerprint density at radius 3 is 2.71 bits per heavy atom. The second-order valence-electron chi connectivity index (χ2n) is 6.30. The van der Waals surface area contributed by atoms with Crippen LogP contribution in [0.1, 0.15) is 23.3 Å². The number of rotatable bonds is 6. The van der Waals surface area contributed by atoms with Crippen LogP contribution in [0, 0.1) is 0 Å². The maximum Gasteiger partial charge on any atom is 0.273 e. The number of carbonyl (C=O) groups excluding carboxylic acids is 2. The van der Waals surface area contributed by atoms with Crippen LogP contribution < -0.4 is 16.4 Å². The van der Waals surface area contributed by atoms with Gasteiger partial charge in [-0.3, -0.25) is 9.59 Å². The average Bonchev–Trinajstić information content (AvgIpc) is 2.69. The Morgan fingerprint density at radius 1 is 1.29 bits per heavy atom. The van der Waals surface area contributed by atoms with Crippen molar-refractivity contribution in [3.05, 3.63) is 47.6 Å². The van der Waals surface area contributed by atoms with Gasteiger partial charge in [0.1, 0.15) is 0 Å². The summed E-state index contributed by atoms with van der Waals surface area (Å²) < 4.78 is 0. The fraction of sp³-hybridized carbons (Fsp3) is 0.278. The number of anilines is 3. The van der Waals surface area contributed by atoms with Crippen molar-refractivity contribution < 1.29 is 9.59 Å². The summed E-state index contributed by atoms with van der Waals surface area (Å²) in [5.41, 5.74) is 5.97. The zero-order valence-electron chi connectivity index (χ0n) is 15.1. The van der Waals surface area contributed by atoms with Crippen molar-refractivity contribution in [2.45, 2.75) is 18.9 Å². The number of carbonyl (C=O) groups is 2. The molecule has 0 bridgehead atoms. The normalized spacial score (nSPS) is 16.3. The summed E-state index contributed by atoms with van der Waals surface area (Å²) in [6, 6.07) is 6.84. The van der Waals surface area contributed by atoms with E-state index < -0.39 is 5.91 Å². The van der Waals surface area contributed by atoms with E-state index in [9.17, 15) is 9.59 Å². The number of primary amides is 1. The van der Waals surface area contributed by atoms with E-state index in [4.69, 9.17) is 17.3 Å². The van der Waals surface area contributed by atoms with Crippen molar-refractivity contribution in [2.24, 2.45) is 5.73 Å². The third-order valence-corrected chi connectivity index (χ3v) is 4.52. The predicted octanol–water partition coefficient (Wildman–Crippen LogP) is 1.96. The van der Waals surface area contributed by atoms with Crippen molar-refractivity contribution in [3.8, 4) is 0 Å². The van der Waals surface area contributed by atoms with Crippen molar-refractivity contribution >= 4 is 40.9 Å². The third kappa shape index (κ3) is 4.74. The molecule has 1 aliphatic heterocycles.